The molecule has 1 aliphatic rings. The zero-order valence-corrected chi connectivity index (χ0v) is 11.6. The molecule has 1 fully saturated rings. The maximum atomic E-state index is 11.8. The van der Waals surface area contributed by atoms with Crippen molar-refractivity contribution in [1.82, 2.24) is 0 Å². The Balaban J connectivity index is 1.74. The van der Waals surface area contributed by atoms with Gasteiger partial charge in [-0.1, -0.05) is 25.7 Å². The monoisotopic (exact) mass is 272 g/mol. The second-order valence-electron chi connectivity index (χ2n) is 5.21. The van der Waals surface area contributed by atoms with Crippen LogP contribution < -0.4 is 10.1 Å². The SMILES string of the molecule is N#CCOc1ccc(NC(=O)CCC2CCCC2)cc1. The van der Waals surface area contributed by atoms with Crippen LogP contribution in [0.4, 0.5) is 5.69 Å². The zero-order valence-electron chi connectivity index (χ0n) is 11.6. The van der Waals surface area contributed by atoms with Gasteiger partial charge in [0, 0.05) is 12.1 Å². The number of nitrogens with zero attached hydrogens (tertiary/aromatic N) is 1. The number of hydrogen-bond acceptors (Lipinski definition) is 3. The van der Waals surface area contributed by atoms with E-state index in [4.69, 9.17) is 10.00 Å². The van der Waals surface area contributed by atoms with Crippen LogP contribution in [0.15, 0.2) is 24.3 Å². The smallest absolute Gasteiger partial charge is 0.224 e. The van der Waals surface area contributed by atoms with E-state index in [1.807, 2.05) is 6.07 Å². The number of carbonyl (C=O) groups is 1. The highest BCUT2D eigenvalue weighted by Gasteiger charge is 2.16. The van der Waals surface area contributed by atoms with Gasteiger partial charge in [-0.15, -0.1) is 0 Å². The fourth-order valence-corrected chi connectivity index (χ4v) is 2.61. The van der Waals surface area contributed by atoms with Crippen LogP contribution in [0, 0.1) is 17.2 Å². The molecule has 2 rings (SSSR count). The Morgan fingerprint density at radius 2 is 2.00 bits per heavy atom. The fourth-order valence-electron chi connectivity index (χ4n) is 2.61. The van der Waals surface area contributed by atoms with Gasteiger partial charge >= 0.3 is 0 Å². The topological polar surface area (TPSA) is 62.1 Å². The molecule has 1 N–H and O–H groups in total. The van der Waals surface area contributed by atoms with Gasteiger partial charge in [-0.05, 0) is 36.6 Å². The fraction of sp³-hybridized carbons (Fsp3) is 0.500. The second-order valence-corrected chi connectivity index (χ2v) is 5.21. The molecule has 0 radical (unpaired) electrons. The summed E-state index contributed by atoms with van der Waals surface area (Å²) in [5, 5.41) is 11.3. The van der Waals surface area contributed by atoms with Gasteiger partial charge in [-0.2, -0.15) is 5.26 Å². The number of nitriles is 1. The normalized spacial score (nSPS) is 14.8. The summed E-state index contributed by atoms with van der Waals surface area (Å²) in [7, 11) is 0. The standard InChI is InChI=1S/C16H20N2O2/c17-11-12-20-15-8-6-14(7-9-15)18-16(19)10-5-13-3-1-2-4-13/h6-9,13H,1-5,10,12H2,(H,18,19). The first-order chi connectivity index (χ1) is 9.78. The van der Waals surface area contributed by atoms with Crippen molar-refractivity contribution in [2.45, 2.75) is 38.5 Å². The summed E-state index contributed by atoms with van der Waals surface area (Å²) in [6.45, 7) is 0.0348. The van der Waals surface area contributed by atoms with E-state index in [1.165, 1.54) is 25.7 Å². The Hall–Kier alpha value is -2.02. The van der Waals surface area contributed by atoms with Crippen LogP contribution in [-0.2, 0) is 4.79 Å². The van der Waals surface area contributed by atoms with Gasteiger partial charge in [0.1, 0.15) is 11.8 Å². The molecule has 4 nitrogen and oxygen atoms in total. The van der Waals surface area contributed by atoms with Crippen molar-refractivity contribution in [2.75, 3.05) is 11.9 Å². The van der Waals surface area contributed by atoms with E-state index in [0.29, 0.717) is 12.2 Å². The molecule has 0 aromatic heterocycles. The number of anilines is 1. The maximum Gasteiger partial charge on any atom is 0.224 e. The zero-order chi connectivity index (χ0) is 14.2. The summed E-state index contributed by atoms with van der Waals surface area (Å²) in [4.78, 5) is 11.8. The molecule has 1 saturated carbocycles. The van der Waals surface area contributed by atoms with Gasteiger partial charge in [0.2, 0.25) is 5.91 Å². The molecule has 1 amide bonds. The maximum absolute atomic E-state index is 11.8. The quantitative estimate of drug-likeness (QED) is 0.862. The van der Waals surface area contributed by atoms with E-state index in [-0.39, 0.29) is 12.5 Å². The lowest BCUT2D eigenvalue weighted by atomic mass is 10.0. The molecular weight excluding hydrogens is 252 g/mol. The average molecular weight is 272 g/mol. The molecular formula is C16H20N2O2. The lowest BCUT2D eigenvalue weighted by molar-refractivity contribution is -0.116. The van der Waals surface area contributed by atoms with E-state index < -0.39 is 0 Å². The minimum absolute atomic E-state index is 0.0348. The molecule has 0 aliphatic heterocycles. The van der Waals surface area contributed by atoms with Crippen LogP contribution in [-0.4, -0.2) is 12.5 Å². The molecule has 0 unspecified atom stereocenters. The Morgan fingerprint density at radius 3 is 2.65 bits per heavy atom. The third-order valence-corrected chi connectivity index (χ3v) is 3.70. The van der Waals surface area contributed by atoms with E-state index in [0.717, 1.165) is 18.0 Å². The molecule has 20 heavy (non-hydrogen) atoms. The minimum atomic E-state index is 0.0348. The van der Waals surface area contributed by atoms with Crippen molar-refractivity contribution in [2.24, 2.45) is 5.92 Å². The molecule has 0 heterocycles. The van der Waals surface area contributed by atoms with Crippen LogP contribution in [0.2, 0.25) is 0 Å². The van der Waals surface area contributed by atoms with Gasteiger partial charge in [0.15, 0.2) is 6.61 Å². The van der Waals surface area contributed by atoms with Crippen molar-refractivity contribution < 1.29 is 9.53 Å². The Kier molecular flexibility index (Phi) is 5.43. The number of benzene rings is 1. The van der Waals surface area contributed by atoms with Crippen molar-refractivity contribution in [3.63, 3.8) is 0 Å². The van der Waals surface area contributed by atoms with Crippen LogP contribution >= 0.6 is 0 Å². The van der Waals surface area contributed by atoms with Crippen molar-refractivity contribution in [1.29, 1.82) is 5.26 Å². The van der Waals surface area contributed by atoms with Gasteiger partial charge < -0.3 is 10.1 Å². The lowest BCUT2D eigenvalue weighted by Gasteiger charge is -2.09. The van der Waals surface area contributed by atoms with Crippen LogP contribution in [0.25, 0.3) is 0 Å². The highest BCUT2D eigenvalue weighted by atomic mass is 16.5. The predicted molar refractivity (Wildman–Crippen MR) is 77.4 cm³/mol. The number of nitrogens with one attached hydrogen (secondary N) is 1. The van der Waals surface area contributed by atoms with Crippen LogP contribution in [0.1, 0.15) is 38.5 Å². The van der Waals surface area contributed by atoms with E-state index in [1.54, 1.807) is 24.3 Å². The van der Waals surface area contributed by atoms with Crippen molar-refractivity contribution in [3.8, 4) is 11.8 Å². The first-order valence-electron chi connectivity index (χ1n) is 7.17. The number of hydrogen-bond donors (Lipinski definition) is 1. The van der Waals surface area contributed by atoms with E-state index in [9.17, 15) is 4.79 Å². The Labute approximate surface area is 119 Å². The summed E-state index contributed by atoms with van der Waals surface area (Å²) >= 11 is 0. The third kappa shape index (κ3) is 4.58. The summed E-state index contributed by atoms with van der Waals surface area (Å²) in [6, 6.07) is 9.01. The van der Waals surface area contributed by atoms with E-state index >= 15 is 0 Å². The van der Waals surface area contributed by atoms with E-state index in [2.05, 4.69) is 5.32 Å². The summed E-state index contributed by atoms with van der Waals surface area (Å²) in [6.07, 6.45) is 6.77. The van der Waals surface area contributed by atoms with Gasteiger partial charge in [-0.3, -0.25) is 4.79 Å². The van der Waals surface area contributed by atoms with Crippen LogP contribution in [0.5, 0.6) is 5.75 Å². The third-order valence-electron chi connectivity index (χ3n) is 3.70. The first kappa shape index (κ1) is 14.4. The average Bonchev–Trinajstić information content (AvgIpc) is 2.98. The number of ether oxygens (including phenoxy) is 1. The summed E-state index contributed by atoms with van der Waals surface area (Å²) < 4.78 is 5.16. The summed E-state index contributed by atoms with van der Waals surface area (Å²) in [5.41, 5.74) is 0.769. The molecule has 1 aliphatic carbocycles. The molecule has 0 saturated heterocycles. The van der Waals surface area contributed by atoms with Crippen molar-refractivity contribution >= 4 is 11.6 Å². The second kappa shape index (κ2) is 7.54. The predicted octanol–water partition coefficient (Wildman–Crippen LogP) is 3.50. The number of carbonyl (C=O) groups excluding carboxylic acids is 1. The first-order valence-corrected chi connectivity index (χ1v) is 7.17. The molecule has 0 bridgehead atoms. The van der Waals surface area contributed by atoms with Crippen LogP contribution in [0.3, 0.4) is 0 Å². The number of rotatable bonds is 6. The molecule has 1 aromatic carbocycles. The molecule has 4 heteroatoms. The Morgan fingerprint density at radius 1 is 1.30 bits per heavy atom. The largest absolute Gasteiger partial charge is 0.479 e. The van der Waals surface area contributed by atoms with Crippen molar-refractivity contribution in [3.05, 3.63) is 24.3 Å². The molecule has 106 valence electrons. The Bertz CT molecular complexity index is 470. The summed E-state index contributed by atoms with van der Waals surface area (Å²) in [5.74, 6) is 1.45. The minimum Gasteiger partial charge on any atom is -0.479 e. The lowest BCUT2D eigenvalue weighted by Crippen LogP contribution is -2.12. The molecule has 0 spiro atoms. The molecule has 1 aromatic rings. The highest BCUT2D eigenvalue weighted by molar-refractivity contribution is 5.90. The van der Waals surface area contributed by atoms with Gasteiger partial charge in [0.05, 0.1) is 0 Å². The van der Waals surface area contributed by atoms with Gasteiger partial charge in [0.25, 0.3) is 0 Å². The highest BCUT2D eigenvalue weighted by Crippen LogP contribution is 2.28. The van der Waals surface area contributed by atoms with Gasteiger partial charge in [-0.25, -0.2) is 0 Å². The molecule has 0 atom stereocenters. The number of amides is 1.